The summed E-state index contributed by atoms with van der Waals surface area (Å²) in [6.07, 6.45) is 0.959. The zero-order chi connectivity index (χ0) is 13.5. The van der Waals surface area contributed by atoms with Crippen LogP contribution in [0.5, 0.6) is 0 Å². The zero-order valence-electron chi connectivity index (χ0n) is 11.5. The molecular formula is C14H22ClN3O2. The van der Waals surface area contributed by atoms with Crippen LogP contribution in [0.4, 0.5) is 5.69 Å². The number of anilines is 1. The minimum absolute atomic E-state index is 0. The fourth-order valence-electron chi connectivity index (χ4n) is 2.07. The van der Waals surface area contributed by atoms with E-state index in [0.717, 1.165) is 39.3 Å². The van der Waals surface area contributed by atoms with E-state index in [1.54, 1.807) is 24.3 Å². The number of hydrogen-bond acceptors (Lipinski definition) is 4. The smallest absolute Gasteiger partial charge is 0.251 e. The van der Waals surface area contributed by atoms with Crippen LogP contribution in [0, 0.1) is 0 Å². The number of nitrogen functional groups attached to an aromatic ring is 1. The lowest BCUT2D eigenvalue weighted by Gasteiger charge is -2.26. The molecule has 1 amide bonds. The highest BCUT2D eigenvalue weighted by Crippen LogP contribution is 2.05. The van der Waals surface area contributed by atoms with E-state index in [2.05, 4.69) is 10.2 Å². The summed E-state index contributed by atoms with van der Waals surface area (Å²) in [5.74, 6) is -0.0398. The van der Waals surface area contributed by atoms with Gasteiger partial charge in [0.2, 0.25) is 0 Å². The Bertz CT molecular complexity index is 405. The molecule has 1 aromatic rings. The molecule has 2 rings (SSSR count). The normalized spacial score (nSPS) is 15.4. The Morgan fingerprint density at radius 1 is 1.25 bits per heavy atom. The van der Waals surface area contributed by atoms with Crippen molar-refractivity contribution in [2.45, 2.75) is 6.42 Å². The number of ether oxygens (including phenoxy) is 1. The van der Waals surface area contributed by atoms with Crippen LogP contribution in [0.25, 0.3) is 0 Å². The molecule has 1 saturated heterocycles. The summed E-state index contributed by atoms with van der Waals surface area (Å²) in [6.45, 7) is 5.32. The minimum Gasteiger partial charge on any atom is -0.399 e. The molecule has 0 aromatic heterocycles. The van der Waals surface area contributed by atoms with Gasteiger partial charge in [0.1, 0.15) is 0 Å². The van der Waals surface area contributed by atoms with Gasteiger partial charge in [0.05, 0.1) is 13.2 Å². The molecule has 1 aliphatic rings. The van der Waals surface area contributed by atoms with Gasteiger partial charge in [0, 0.05) is 30.9 Å². The Morgan fingerprint density at radius 3 is 2.55 bits per heavy atom. The summed E-state index contributed by atoms with van der Waals surface area (Å²) in [4.78, 5) is 14.2. The highest BCUT2D eigenvalue weighted by atomic mass is 35.5. The Balaban J connectivity index is 0.00000200. The van der Waals surface area contributed by atoms with Gasteiger partial charge < -0.3 is 15.8 Å². The van der Waals surface area contributed by atoms with Gasteiger partial charge in [0.15, 0.2) is 0 Å². The lowest BCUT2D eigenvalue weighted by atomic mass is 10.2. The number of nitrogens with two attached hydrogens (primary N) is 1. The Labute approximate surface area is 125 Å². The van der Waals surface area contributed by atoms with E-state index in [1.165, 1.54) is 0 Å². The predicted octanol–water partition coefficient (Wildman–Crippen LogP) is 1.14. The van der Waals surface area contributed by atoms with Crippen LogP contribution in [0.3, 0.4) is 0 Å². The number of morpholine rings is 1. The quantitative estimate of drug-likeness (QED) is 0.632. The molecule has 0 bridgehead atoms. The second kappa shape index (κ2) is 8.79. The van der Waals surface area contributed by atoms with Gasteiger partial charge >= 0.3 is 0 Å². The first kappa shape index (κ1) is 16.8. The first-order valence-electron chi connectivity index (χ1n) is 6.69. The van der Waals surface area contributed by atoms with Crippen LogP contribution in [-0.2, 0) is 4.74 Å². The third-order valence-corrected chi connectivity index (χ3v) is 3.21. The first-order valence-corrected chi connectivity index (χ1v) is 6.69. The molecule has 112 valence electrons. The van der Waals surface area contributed by atoms with Crippen molar-refractivity contribution in [2.75, 3.05) is 45.1 Å². The van der Waals surface area contributed by atoms with Gasteiger partial charge in [-0.15, -0.1) is 12.4 Å². The summed E-state index contributed by atoms with van der Waals surface area (Å²) in [5, 5.41) is 2.92. The van der Waals surface area contributed by atoms with Crippen LogP contribution in [0.2, 0.25) is 0 Å². The fourth-order valence-corrected chi connectivity index (χ4v) is 2.07. The molecule has 0 radical (unpaired) electrons. The fraction of sp³-hybridized carbons (Fsp3) is 0.500. The van der Waals surface area contributed by atoms with E-state index in [1.807, 2.05) is 0 Å². The topological polar surface area (TPSA) is 67.6 Å². The third kappa shape index (κ3) is 5.36. The second-order valence-corrected chi connectivity index (χ2v) is 4.69. The molecule has 1 fully saturated rings. The Kier molecular flexibility index (Phi) is 7.36. The standard InChI is InChI=1S/C14H21N3O2.ClH/c15-13-4-2-12(3-5-13)14(18)16-6-1-7-17-8-10-19-11-9-17;/h2-5H,1,6-11,15H2,(H,16,18);1H. The maximum Gasteiger partial charge on any atom is 0.251 e. The molecule has 0 spiro atoms. The van der Waals surface area contributed by atoms with E-state index >= 15 is 0 Å². The molecule has 0 saturated carbocycles. The predicted molar refractivity (Wildman–Crippen MR) is 82.3 cm³/mol. The molecule has 6 heteroatoms. The van der Waals surface area contributed by atoms with E-state index in [0.29, 0.717) is 17.8 Å². The number of benzene rings is 1. The molecule has 5 nitrogen and oxygen atoms in total. The van der Waals surface area contributed by atoms with Crippen molar-refractivity contribution in [3.63, 3.8) is 0 Å². The second-order valence-electron chi connectivity index (χ2n) is 4.69. The van der Waals surface area contributed by atoms with Crippen LogP contribution in [0.1, 0.15) is 16.8 Å². The average Bonchev–Trinajstić information content (AvgIpc) is 2.45. The maximum absolute atomic E-state index is 11.8. The van der Waals surface area contributed by atoms with Gasteiger partial charge in [-0.05, 0) is 37.2 Å². The van der Waals surface area contributed by atoms with E-state index < -0.39 is 0 Å². The number of hydrogen-bond donors (Lipinski definition) is 2. The van der Waals surface area contributed by atoms with Crippen LogP contribution in [0.15, 0.2) is 24.3 Å². The molecular weight excluding hydrogens is 278 g/mol. The number of carbonyl (C=O) groups excluding carboxylic acids is 1. The minimum atomic E-state index is -0.0398. The number of amides is 1. The number of halogens is 1. The van der Waals surface area contributed by atoms with E-state index in [9.17, 15) is 4.79 Å². The molecule has 1 aromatic carbocycles. The van der Waals surface area contributed by atoms with Crippen LogP contribution in [-0.4, -0.2) is 50.2 Å². The Morgan fingerprint density at radius 2 is 1.90 bits per heavy atom. The summed E-state index contributed by atoms with van der Waals surface area (Å²) in [6, 6.07) is 6.96. The number of nitrogens with one attached hydrogen (secondary N) is 1. The van der Waals surface area contributed by atoms with Crippen molar-refractivity contribution in [1.29, 1.82) is 0 Å². The van der Waals surface area contributed by atoms with Crippen molar-refractivity contribution < 1.29 is 9.53 Å². The molecule has 0 atom stereocenters. The lowest BCUT2D eigenvalue weighted by Crippen LogP contribution is -2.38. The van der Waals surface area contributed by atoms with E-state index in [-0.39, 0.29) is 18.3 Å². The third-order valence-electron chi connectivity index (χ3n) is 3.21. The molecule has 1 heterocycles. The molecule has 20 heavy (non-hydrogen) atoms. The highest BCUT2D eigenvalue weighted by molar-refractivity contribution is 5.94. The Hall–Kier alpha value is -1.30. The van der Waals surface area contributed by atoms with Crippen molar-refractivity contribution in [1.82, 2.24) is 10.2 Å². The lowest BCUT2D eigenvalue weighted by molar-refractivity contribution is 0.0374. The SMILES string of the molecule is Cl.Nc1ccc(C(=O)NCCCN2CCOCC2)cc1. The van der Waals surface area contributed by atoms with Gasteiger partial charge in [-0.3, -0.25) is 9.69 Å². The maximum atomic E-state index is 11.8. The summed E-state index contributed by atoms with van der Waals surface area (Å²) in [5.41, 5.74) is 6.91. The summed E-state index contributed by atoms with van der Waals surface area (Å²) in [7, 11) is 0. The zero-order valence-corrected chi connectivity index (χ0v) is 12.3. The van der Waals surface area contributed by atoms with Gasteiger partial charge in [-0.2, -0.15) is 0 Å². The average molecular weight is 300 g/mol. The van der Waals surface area contributed by atoms with Crippen molar-refractivity contribution in [3.05, 3.63) is 29.8 Å². The van der Waals surface area contributed by atoms with Crippen molar-refractivity contribution >= 4 is 24.0 Å². The molecule has 3 N–H and O–H groups in total. The largest absolute Gasteiger partial charge is 0.399 e. The molecule has 0 unspecified atom stereocenters. The van der Waals surface area contributed by atoms with Gasteiger partial charge in [-0.25, -0.2) is 0 Å². The van der Waals surface area contributed by atoms with Crippen LogP contribution < -0.4 is 11.1 Å². The number of rotatable bonds is 5. The van der Waals surface area contributed by atoms with E-state index in [4.69, 9.17) is 10.5 Å². The first-order chi connectivity index (χ1) is 9.25. The van der Waals surface area contributed by atoms with Crippen molar-refractivity contribution in [3.8, 4) is 0 Å². The summed E-state index contributed by atoms with van der Waals surface area (Å²) < 4.78 is 5.29. The molecule has 0 aliphatic carbocycles. The van der Waals surface area contributed by atoms with Gasteiger partial charge in [-0.1, -0.05) is 0 Å². The number of nitrogens with zero attached hydrogens (tertiary/aromatic N) is 1. The molecule has 1 aliphatic heterocycles. The monoisotopic (exact) mass is 299 g/mol. The number of carbonyl (C=O) groups is 1. The van der Waals surface area contributed by atoms with Crippen LogP contribution >= 0.6 is 12.4 Å². The summed E-state index contributed by atoms with van der Waals surface area (Å²) >= 11 is 0. The van der Waals surface area contributed by atoms with Gasteiger partial charge in [0.25, 0.3) is 5.91 Å². The van der Waals surface area contributed by atoms with Crippen molar-refractivity contribution in [2.24, 2.45) is 0 Å². The highest BCUT2D eigenvalue weighted by Gasteiger charge is 2.09.